The first-order chi connectivity index (χ1) is 11.6. The van der Waals surface area contributed by atoms with Crippen molar-refractivity contribution in [3.8, 4) is 0 Å². The molecule has 0 radical (unpaired) electrons. The van der Waals surface area contributed by atoms with E-state index in [1.165, 1.54) is 10.6 Å². The number of nitrogens with zero attached hydrogens (tertiary/aromatic N) is 2. The second kappa shape index (κ2) is 6.15. The van der Waals surface area contributed by atoms with E-state index in [-0.39, 0.29) is 17.5 Å². The number of hydrogen-bond donors (Lipinski definition) is 3. The van der Waals surface area contributed by atoms with Crippen LogP contribution in [-0.4, -0.2) is 44.1 Å². The van der Waals surface area contributed by atoms with Crippen molar-refractivity contribution in [2.45, 2.75) is 57.5 Å². The van der Waals surface area contributed by atoms with Gasteiger partial charge < -0.3 is 20.3 Å². The Morgan fingerprint density at radius 2 is 1.92 bits per heavy atom. The number of halogens is 3. The number of ether oxygens (including phenoxy) is 1. The fraction of sp³-hybridized carbons (Fsp3) is 0.562. The Morgan fingerprint density at radius 3 is 2.44 bits per heavy atom. The molecule has 138 valence electrons. The third-order valence-corrected chi connectivity index (χ3v) is 4.17. The van der Waals surface area contributed by atoms with E-state index in [0.717, 1.165) is 12.1 Å². The molecule has 0 spiro atoms. The van der Waals surface area contributed by atoms with E-state index in [1.807, 2.05) is 13.8 Å². The predicted molar refractivity (Wildman–Crippen MR) is 85.1 cm³/mol. The van der Waals surface area contributed by atoms with E-state index in [4.69, 9.17) is 4.74 Å². The lowest BCUT2D eigenvalue weighted by Crippen LogP contribution is -2.31. The number of alkyl halides is 3. The van der Waals surface area contributed by atoms with Crippen molar-refractivity contribution >= 4 is 17.0 Å². The molecule has 1 aromatic carbocycles. The SMILES string of the molecule is CC(C)Nc1nc2cc(C(F)(F)F)ccc2n1[C@@H]1O[C@H](C)[C@@H](O)[C@H]1O. The fourth-order valence-electron chi connectivity index (χ4n) is 2.93. The van der Waals surface area contributed by atoms with Crippen LogP contribution in [0.5, 0.6) is 0 Å². The van der Waals surface area contributed by atoms with Crippen LogP contribution in [0, 0.1) is 0 Å². The van der Waals surface area contributed by atoms with Crippen molar-refractivity contribution < 1.29 is 28.1 Å². The van der Waals surface area contributed by atoms with Crippen molar-refractivity contribution in [2.24, 2.45) is 0 Å². The van der Waals surface area contributed by atoms with Crippen LogP contribution >= 0.6 is 0 Å². The van der Waals surface area contributed by atoms with Crippen LogP contribution in [0.1, 0.15) is 32.6 Å². The molecule has 0 bridgehead atoms. The summed E-state index contributed by atoms with van der Waals surface area (Å²) in [5.41, 5.74) is -0.300. The normalized spacial score (nSPS) is 27.4. The highest BCUT2D eigenvalue weighted by Gasteiger charge is 2.43. The third-order valence-electron chi connectivity index (χ3n) is 4.17. The summed E-state index contributed by atoms with van der Waals surface area (Å²) in [7, 11) is 0. The quantitative estimate of drug-likeness (QED) is 0.785. The number of anilines is 1. The Kier molecular flexibility index (Phi) is 4.42. The van der Waals surface area contributed by atoms with E-state index >= 15 is 0 Å². The first kappa shape index (κ1) is 18.0. The zero-order chi connectivity index (χ0) is 18.5. The van der Waals surface area contributed by atoms with Crippen molar-refractivity contribution in [1.82, 2.24) is 9.55 Å². The number of fused-ring (bicyclic) bond motifs is 1. The van der Waals surface area contributed by atoms with Gasteiger partial charge in [0, 0.05) is 6.04 Å². The molecule has 0 unspecified atom stereocenters. The topological polar surface area (TPSA) is 79.5 Å². The van der Waals surface area contributed by atoms with Gasteiger partial charge in [0.15, 0.2) is 6.23 Å². The van der Waals surface area contributed by atoms with Crippen LogP contribution in [0.2, 0.25) is 0 Å². The molecule has 3 rings (SSSR count). The number of aliphatic hydroxyl groups is 2. The molecule has 0 aliphatic carbocycles. The van der Waals surface area contributed by atoms with Gasteiger partial charge in [0.1, 0.15) is 12.2 Å². The Bertz CT molecular complexity index is 775. The van der Waals surface area contributed by atoms with E-state index in [1.54, 1.807) is 6.92 Å². The largest absolute Gasteiger partial charge is 0.416 e. The maximum absolute atomic E-state index is 13.0. The van der Waals surface area contributed by atoms with Crippen LogP contribution in [0.15, 0.2) is 18.2 Å². The zero-order valence-corrected chi connectivity index (χ0v) is 13.9. The Balaban J connectivity index is 2.14. The van der Waals surface area contributed by atoms with Crippen molar-refractivity contribution in [3.05, 3.63) is 23.8 Å². The number of aliphatic hydroxyl groups excluding tert-OH is 2. The molecule has 6 nitrogen and oxygen atoms in total. The predicted octanol–water partition coefficient (Wildman–Crippen LogP) is 2.51. The second-order valence-corrected chi connectivity index (χ2v) is 6.52. The summed E-state index contributed by atoms with van der Waals surface area (Å²) >= 11 is 0. The van der Waals surface area contributed by atoms with Crippen molar-refractivity contribution in [1.29, 1.82) is 0 Å². The van der Waals surface area contributed by atoms with Crippen molar-refractivity contribution in [2.75, 3.05) is 5.32 Å². The van der Waals surface area contributed by atoms with E-state index < -0.39 is 36.3 Å². The molecule has 0 saturated carbocycles. The molecule has 1 saturated heterocycles. The lowest BCUT2D eigenvalue weighted by Gasteiger charge is -2.21. The van der Waals surface area contributed by atoms with Crippen LogP contribution in [0.25, 0.3) is 11.0 Å². The summed E-state index contributed by atoms with van der Waals surface area (Å²) in [5.74, 6) is 0.273. The molecule has 4 atom stereocenters. The molecule has 9 heteroatoms. The molecule has 3 N–H and O–H groups in total. The van der Waals surface area contributed by atoms with Crippen LogP contribution in [0.3, 0.4) is 0 Å². The molecule has 1 aromatic heterocycles. The van der Waals surface area contributed by atoms with Gasteiger partial charge in [-0.15, -0.1) is 0 Å². The van der Waals surface area contributed by atoms with Gasteiger partial charge in [0.05, 0.1) is 22.7 Å². The summed E-state index contributed by atoms with van der Waals surface area (Å²) in [4.78, 5) is 4.24. The van der Waals surface area contributed by atoms with E-state index in [0.29, 0.717) is 5.52 Å². The highest BCUT2D eigenvalue weighted by atomic mass is 19.4. The van der Waals surface area contributed by atoms with E-state index in [2.05, 4.69) is 10.3 Å². The Morgan fingerprint density at radius 1 is 1.24 bits per heavy atom. The molecule has 1 aliphatic heterocycles. The van der Waals surface area contributed by atoms with Crippen LogP contribution < -0.4 is 5.32 Å². The van der Waals surface area contributed by atoms with E-state index in [9.17, 15) is 23.4 Å². The lowest BCUT2D eigenvalue weighted by atomic mass is 10.1. The monoisotopic (exact) mass is 359 g/mol. The maximum Gasteiger partial charge on any atom is 0.416 e. The zero-order valence-electron chi connectivity index (χ0n) is 13.9. The van der Waals surface area contributed by atoms with Gasteiger partial charge in [-0.3, -0.25) is 4.57 Å². The summed E-state index contributed by atoms with van der Waals surface area (Å²) in [6.45, 7) is 5.33. The number of hydrogen-bond acceptors (Lipinski definition) is 5. The number of nitrogens with one attached hydrogen (secondary N) is 1. The van der Waals surface area contributed by atoms with Crippen LogP contribution in [0.4, 0.5) is 19.1 Å². The smallest absolute Gasteiger partial charge is 0.388 e. The lowest BCUT2D eigenvalue weighted by molar-refractivity contribution is -0.137. The minimum absolute atomic E-state index is 0.0430. The molecular formula is C16H20F3N3O3. The highest BCUT2D eigenvalue weighted by molar-refractivity contribution is 5.80. The Labute approximate surface area is 142 Å². The average Bonchev–Trinajstić information content (AvgIpc) is 2.97. The molecule has 25 heavy (non-hydrogen) atoms. The molecule has 0 amide bonds. The van der Waals surface area contributed by atoms with Gasteiger partial charge in [-0.25, -0.2) is 4.98 Å². The van der Waals surface area contributed by atoms with Crippen molar-refractivity contribution in [3.63, 3.8) is 0 Å². The molecule has 1 fully saturated rings. The van der Waals surface area contributed by atoms with Gasteiger partial charge in [0.25, 0.3) is 0 Å². The first-order valence-electron chi connectivity index (χ1n) is 7.97. The Hall–Kier alpha value is -1.84. The van der Waals surface area contributed by atoms with Gasteiger partial charge in [0.2, 0.25) is 5.95 Å². The van der Waals surface area contributed by atoms with Gasteiger partial charge in [-0.1, -0.05) is 0 Å². The summed E-state index contributed by atoms with van der Waals surface area (Å²) in [6.07, 6.45) is -8.35. The van der Waals surface area contributed by atoms with Gasteiger partial charge in [-0.2, -0.15) is 13.2 Å². The third kappa shape index (κ3) is 3.19. The van der Waals surface area contributed by atoms with Crippen LogP contribution in [-0.2, 0) is 10.9 Å². The summed E-state index contributed by atoms with van der Waals surface area (Å²) in [6, 6.07) is 3.17. The minimum atomic E-state index is -4.47. The molecule has 2 heterocycles. The number of imidazole rings is 1. The highest BCUT2D eigenvalue weighted by Crippen LogP contribution is 2.37. The number of aromatic nitrogens is 2. The van der Waals surface area contributed by atoms with Gasteiger partial charge in [-0.05, 0) is 39.0 Å². The standard InChI is InChI=1S/C16H20F3N3O3/c1-7(2)20-15-21-10-6-9(16(17,18)19)4-5-11(10)22(15)14-13(24)12(23)8(3)25-14/h4-8,12-14,23-24H,1-3H3,(H,20,21)/t8-,12-,13-,14-/m1/s1. The average molecular weight is 359 g/mol. The summed E-state index contributed by atoms with van der Waals surface area (Å²) < 4.78 is 46.0. The maximum atomic E-state index is 13.0. The molecule has 2 aromatic rings. The molecular weight excluding hydrogens is 339 g/mol. The number of benzene rings is 1. The first-order valence-corrected chi connectivity index (χ1v) is 7.97. The fourth-order valence-corrected chi connectivity index (χ4v) is 2.93. The summed E-state index contributed by atoms with van der Waals surface area (Å²) in [5, 5.41) is 23.3. The second-order valence-electron chi connectivity index (χ2n) is 6.52. The van der Waals surface area contributed by atoms with Gasteiger partial charge >= 0.3 is 6.18 Å². The number of rotatable bonds is 3. The molecule has 1 aliphatic rings. The minimum Gasteiger partial charge on any atom is -0.388 e.